The summed E-state index contributed by atoms with van der Waals surface area (Å²) in [7, 11) is 0. The Morgan fingerprint density at radius 2 is 2.19 bits per heavy atom. The normalized spacial score (nSPS) is 11.1. The Hall–Kier alpha value is -1.33. The molecule has 0 saturated carbocycles. The molecule has 1 heterocycles. The maximum atomic E-state index is 5.94. The van der Waals surface area contributed by atoms with Crippen molar-refractivity contribution in [1.82, 2.24) is 14.9 Å². The summed E-state index contributed by atoms with van der Waals surface area (Å²) in [6.07, 6.45) is 3.79. The average Bonchev–Trinajstić information content (AvgIpc) is 2.84. The van der Waals surface area contributed by atoms with Gasteiger partial charge in [0.15, 0.2) is 0 Å². The van der Waals surface area contributed by atoms with Crippen LogP contribution in [-0.2, 0) is 13.1 Å². The number of benzene rings is 1. The summed E-state index contributed by atoms with van der Waals surface area (Å²) in [5.74, 6) is 1.94. The molecule has 0 unspecified atom stereocenters. The van der Waals surface area contributed by atoms with Gasteiger partial charge in [-0.1, -0.05) is 29.8 Å². The van der Waals surface area contributed by atoms with Crippen LogP contribution in [0.1, 0.15) is 25.2 Å². The fourth-order valence-electron chi connectivity index (χ4n) is 2.04. The predicted molar refractivity (Wildman–Crippen MR) is 88.6 cm³/mol. The molecule has 2 rings (SSSR count). The van der Waals surface area contributed by atoms with Crippen molar-refractivity contribution in [2.75, 3.05) is 6.61 Å². The molecule has 0 amide bonds. The molecule has 0 aliphatic heterocycles. The second kappa shape index (κ2) is 7.61. The SMILES string of the molecule is Cc1nccn1CCOc1ccc(Br)cc1CNC(C)C. The number of halogens is 1. The van der Waals surface area contributed by atoms with E-state index in [1.807, 2.05) is 31.5 Å². The second-order valence-electron chi connectivity index (χ2n) is 5.30. The van der Waals surface area contributed by atoms with Crippen LogP contribution in [0.15, 0.2) is 35.1 Å². The number of aromatic nitrogens is 2. The molecule has 0 spiro atoms. The Labute approximate surface area is 134 Å². The highest BCUT2D eigenvalue weighted by molar-refractivity contribution is 9.10. The van der Waals surface area contributed by atoms with Gasteiger partial charge in [0.2, 0.25) is 0 Å². The van der Waals surface area contributed by atoms with E-state index in [4.69, 9.17) is 4.74 Å². The molecule has 21 heavy (non-hydrogen) atoms. The number of ether oxygens (including phenoxy) is 1. The van der Waals surface area contributed by atoms with E-state index in [1.165, 1.54) is 5.56 Å². The lowest BCUT2D eigenvalue weighted by Crippen LogP contribution is -2.22. The molecule has 0 saturated heterocycles. The van der Waals surface area contributed by atoms with Crippen molar-refractivity contribution in [2.24, 2.45) is 0 Å². The number of nitrogens with zero attached hydrogens (tertiary/aromatic N) is 2. The molecule has 5 heteroatoms. The zero-order chi connectivity index (χ0) is 15.2. The van der Waals surface area contributed by atoms with E-state index in [2.05, 4.69) is 50.7 Å². The van der Waals surface area contributed by atoms with Crippen LogP contribution < -0.4 is 10.1 Å². The van der Waals surface area contributed by atoms with Gasteiger partial charge in [-0.25, -0.2) is 4.98 Å². The zero-order valence-electron chi connectivity index (χ0n) is 12.8. The minimum Gasteiger partial charge on any atom is -0.491 e. The van der Waals surface area contributed by atoms with Crippen LogP contribution in [0.3, 0.4) is 0 Å². The summed E-state index contributed by atoms with van der Waals surface area (Å²) in [5.41, 5.74) is 1.17. The van der Waals surface area contributed by atoms with Crippen LogP contribution in [0.25, 0.3) is 0 Å². The first kappa shape index (κ1) is 16.0. The van der Waals surface area contributed by atoms with E-state index in [0.29, 0.717) is 12.6 Å². The van der Waals surface area contributed by atoms with Crippen molar-refractivity contribution >= 4 is 15.9 Å². The first-order chi connectivity index (χ1) is 10.1. The van der Waals surface area contributed by atoms with Crippen molar-refractivity contribution in [3.8, 4) is 5.75 Å². The molecule has 1 aromatic heterocycles. The van der Waals surface area contributed by atoms with Gasteiger partial charge in [-0.2, -0.15) is 0 Å². The highest BCUT2D eigenvalue weighted by Gasteiger charge is 2.06. The number of hydrogen-bond donors (Lipinski definition) is 1. The van der Waals surface area contributed by atoms with Crippen molar-refractivity contribution < 1.29 is 4.74 Å². The third kappa shape index (κ3) is 4.86. The summed E-state index contributed by atoms with van der Waals surface area (Å²) in [6, 6.07) is 6.58. The van der Waals surface area contributed by atoms with E-state index < -0.39 is 0 Å². The Morgan fingerprint density at radius 1 is 1.38 bits per heavy atom. The molecule has 2 aromatic rings. The van der Waals surface area contributed by atoms with Gasteiger partial charge >= 0.3 is 0 Å². The van der Waals surface area contributed by atoms with E-state index in [9.17, 15) is 0 Å². The number of nitrogens with one attached hydrogen (secondary N) is 1. The first-order valence-electron chi connectivity index (χ1n) is 7.18. The van der Waals surface area contributed by atoms with Gasteiger partial charge in [0.05, 0.1) is 6.54 Å². The Bertz CT molecular complexity index is 581. The van der Waals surface area contributed by atoms with Gasteiger partial charge < -0.3 is 14.6 Å². The van der Waals surface area contributed by atoms with Crippen LogP contribution >= 0.6 is 15.9 Å². The monoisotopic (exact) mass is 351 g/mol. The smallest absolute Gasteiger partial charge is 0.123 e. The fourth-order valence-corrected chi connectivity index (χ4v) is 2.44. The van der Waals surface area contributed by atoms with Crippen LogP contribution in [0.2, 0.25) is 0 Å². The lowest BCUT2D eigenvalue weighted by molar-refractivity contribution is 0.293. The molecule has 114 valence electrons. The molecule has 0 radical (unpaired) electrons. The largest absolute Gasteiger partial charge is 0.491 e. The average molecular weight is 352 g/mol. The number of aryl methyl sites for hydroxylation is 1. The van der Waals surface area contributed by atoms with Gasteiger partial charge in [0, 0.05) is 35.0 Å². The van der Waals surface area contributed by atoms with Crippen molar-refractivity contribution in [3.63, 3.8) is 0 Å². The summed E-state index contributed by atoms with van der Waals surface area (Å²) in [5, 5.41) is 3.43. The van der Waals surface area contributed by atoms with Crippen molar-refractivity contribution in [3.05, 3.63) is 46.5 Å². The summed E-state index contributed by atoms with van der Waals surface area (Å²) < 4.78 is 9.10. The summed E-state index contributed by atoms with van der Waals surface area (Å²) >= 11 is 3.52. The number of rotatable bonds is 7. The maximum Gasteiger partial charge on any atom is 0.123 e. The first-order valence-corrected chi connectivity index (χ1v) is 7.98. The molecular formula is C16H22BrN3O. The highest BCUT2D eigenvalue weighted by atomic mass is 79.9. The lowest BCUT2D eigenvalue weighted by atomic mass is 10.2. The van der Waals surface area contributed by atoms with Crippen LogP contribution in [0.4, 0.5) is 0 Å². The summed E-state index contributed by atoms with van der Waals surface area (Å²) in [4.78, 5) is 4.21. The number of hydrogen-bond acceptors (Lipinski definition) is 3. The van der Waals surface area contributed by atoms with Crippen LogP contribution in [0, 0.1) is 6.92 Å². The molecule has 4 nitrogen and oxygen atoms in total. The molecule has 0 aliphatic rings. The molecule has 0 bridgehead atoms. The van der Waals surface area contributed by atoms with Crippen molar-refractivity contribution in [1.29, 1.82) is 0 Å². The van der Waals surface area contributed by atoms with Gasteiger partial charge in [-0.15, -0.1) is 0 Å². The van der Waals surface area contributed by atoms with Gasteiger partial charge in [-0.05, 0) is 25.1 Å². The summed E-state index contributed by atoms with van der Waals surface area (Å²) in [6.45, 7) is 8.52. The Balaban J connectivity index is 1.96. The molecule has 1 N–H and O–H groups in total. The highest BCUT2D eigenvalue weighted by Crippen LogP contribution is 2.23. The number of imidazole rings is 1. The minimum atomic E-state index is 0.449. The second-order valence-corrected chi connectivity index (χ2v) is 6.22. The third-order valence-electron chi connectivity index (χ3n) is 3.24. The maximum absolute atomic E-state index is 5.94. The van der Waals surface area contributed by atoms with E-state index in [0.717, 1.165) is 29.1 Å². The van der Waals surface area contributed by atoms with Crippen LogP contribution in [-0.4, -0.2) is 22.2 Å². The van der Waals surface area contributed by atoms with Crippen molar-refractivity contribution in [2.45, 2.75) is 39.9 Å². The van der Waals surface area contributed by atoms with Crippen LogP contribution in [0.5, 0.6) is 5.75 Å². The minimum absolute atomic E-state index is 0.449. The van der Waals surface area contributed by atoms with E-state index in [-0.39, 0.29) is 0 Å². The molecule has 0 aliphatic carbocycles. The quantitative estimate of drug-likeness (QED) is 0.829. The topological polar surface area (TPSA) is 39.1 Å². The molecule has 0 fully saturated rings. The van der Waals surface area contributed by atoms with Gasteiger partial charge in [-0.3, -0.25) is 0 Å². The fraction of sp³-hybridized carbons (Fsp3) is 0.438. The predicted octanol–water partition coefficient (Wildman–Crippen LogP) is 3.53. The van der Waals surface area contributed by atoms with E-state index in [1.54, 1.807) is 0 Å². The Kier molecular flexibility index (Phi) is 5.82. The standard InChI is InChI=1S/C16H22BrN3O/c1-12(2)19-11-14-10-15(17)4-5-16(14)21-9-8-20-7-6-18-13(20)3/h4-7,10,12,19H,8-9,11H2,1-3H3. The molecule has 1 aromatic carbocycles. The lowest BCUT2D eigenvalue weighted by Gasteiger charge is -2.14. The zero-order valence-corrected chi connectivity index (χ0v) is 14.4. The third-order valence-corrected chi connectivity index (χ3v) is 3.73. The Morgan fingerprint density at radius 3 is 2.86 bits per heavy atom. The van der Waals surface area contributed by atoms with Gasteiger partial charge in [0.25, 0.3) is 0 Å². The van der Waals surface area contributed by atoms with Gasteiger partial charge in [0.1, 0.15) is 18.2 Å². The molecule has 0 atom stereocenters. The molecular weight excluding hydrogens is 330 g/mol. The van der Waals surface area contributed by atoms with E-state index >= 15 is 0 Å².